The molecule has 7 heavy (non-hydrogen) atoms. The second-order valence-electron chi connectivity index (χ2n) is 1.06. The molecule has 0 aromatic carbocycles. The Balaban J connectivity index is 3.36. The van der Waals surface area contributed by atoms with Gasteiger partial charge < -0.3 is 10.5 Å². The van der Waals surface area contributed by atoms with E-state index in [0.717, 1.165) is 0 Å². The molecule has 0 aliphatic heterocycles. The van der Waals surface area contributed by atoms with Gasteiger partial charge in [0.1, 0.15) is 5.76 Å². The van der Waals surface area contributed by atoms with Gasteiger partial charge in [0.25, 0.3) is 0 Å². The highest BCUT2D eigenvalue weighted by molar-refractivity contribution is 4.84. The van der Waals surface area contributed by atoms with E-state index in [1.165, 1.54) is 12.5 Å². The Morgan fingerprint density at radius 3 is 2.57 bits per heavy atom. The van der Waals surface area contributed by atoms with Crippen LogP contribution in [-0.2, 0) is 4.74 Å². The molecule has 0 aliphatic rings. The summed E-state index contributed by atoms with van der Waals surface area (Å²) in [5, 5.41) is 0. The third-order valence-electron chi connectivity index (χ3n) is 0.504. The number of nitrogens with two attached hydrogens (primary N) is 1. The van der Waals surface area contributed by atoms with Crippen LogP contribution in [-0.4, -0.2) is 0 Å². The van der Waals surface area contributed by atoms with Crippen LogP contribution in [0, 0.1) is 0 Å². The molecule has 0 bridgehead atoms. The first-order chi connectivity index (χ1) is 3.31. The minimum atomic E-state index is 0.662. The first-order valence-corrected chi connectivity index (χ1v) is 1.97. The van der Waals surface area contributed by atoms with Crippen molar-refractivity contribution in [2.24, 2.45) is 5.73 Å². The van der Waals surface area contributed by atoms with Gasteiger partial charge >= 0.3 is 0 Å². The van der Waals surface area contributed by atoms with E-state index < -0.39 is 0 Å². The van der Waals surface area contributed by atoms with Crippen molar-refractivity contribution < 1.29 is 4.74 Å². The average molecular weight is 99.1 g/mol. The fourth-order valence-corrected chi connectivity index (χ4v) is 0.171. The Bertz CT molecular complexity index is 86.1. The summed E-state index contributed by atoms with van der Waals surface area (Å²) in [6.07, 6.45) is 2.71. The second-order valence-corrected chi connectivity index (χ2v) is 1.06. The second kappa shape index (κ2) is 3.28. The molecule has 0 unspecified atom stereocenters. The molecule has 0 saturated carbocycles. The van der Waals surface area contributed by atoms with E-state index in [1.807, 2.05) is 0 Å². The normalized spacial score (nSPS) is 10.7. The summed E-state index contributed by atoms with van der Waals surface area (Å²) in [4.78, 5) is 0. The van der Waals surface area contributed by atoms with Crippen LogP contribution in [0.25, 0.3) is 0 Å². The van der Waals surface area contributed by atoms with Crippen molar-refractivity contribution in [3.63, 3.8) is 0 Å². The zero-order valence-electron chi connectivity index (χ0n) is 4.35. The van der Waals surface area contributed by atoms with Gasteiger partial charge in [-0.25, -0.2) is 0 Å². The molecule has 40 valence electrons. The SMILES string of the molecule is C=CO/C(C)=C\N. The highest BCUT2D eigenvalue weighted by Gasteiger charge is 1.75. The van der Waals surface area contributed by atoms with E-state index in [4.69, 9.17) is 10.5 Å². The molecular formula is C5H9NO. The average Bonchev–Trinajstić information content (AvgIpc) is 1.68. The summed E-state index contributed by atoms with van der Waals surface area (Å²) in [6.45, 7) is 5.08. The summed E-state index contributed by atoms with van der Waals surface area (Å²) in [5.41, 5.74) is 5.02. The van der Waals surface area contributed by atoms with Gasteiger partial charge in [-0.1, -0.05) is 6.58 Å². The van der Waals surface area contributed by atoms with E-state index >= 15 is 0 Å². The fraction of sp³-hybridized carbons (Fsp3) is 0.200. The summed E-state index contributed by atoms with van der Waals surface area (Å²) in [7, 11) is 0. The van der Waals surface area contributed by atoms with Gasteiger partial charge in [0, 0.05) is 6.20 Å². The van der Waals surface area contributed by atoms with Gasteiger partial charge in [0.05, 0.1) is 6.26 Å². The van der Waals surface area contributed by atoms with Crippen LogP contribution < -0.4 is 5.73 Å². The lowest BCUT2D eigenvalue weighted by Crippen LogP contribution is -1.84. The van der Waals surface area contributed by atoms with E-state index in [2.05, 4.69) is 6.58 Å². The zero-order chi connectivity index (χ0) is 5.70. The summed E-state index contributed by atoms with van der Waals surface area (Å²) < 4.78 is 4.69. The van der Waals surface area contributed by atoms with Crippen LogP contribution in [0.5, 0.6) is 0 Å². The van der Waals surface area contributed by atoms with Crippen molar-refractivity contribution in [1.29, 1.82) is 0 Å². The summed E-state index contributed by atoms with van der Waals surface area (Å²) in [5.74, 6) is 0.662. The lowest BCUT2D eigenvalue weighted by Gasteiger charge is -1.92. The van der Waals surface area contributed by atoms with Gasteiger partial charge in [-0.3, -0.25) is 0 Å². The molecule has 2 nitrogen and oxygen atoms in total. The third-order valence-corrected chi connectivity index (χ3v) is 0.504. The van der Waals surface area contributed by atoms with Gasteiger partial charge in [-0.05, 0) is 6.92 Å². The lowest BCUT2D eigenvalue weighted by molar-refractivity contribution is 0.353. The molecule has 0 rings (SSSR count). The standard InChI is InChI=1S/C5H9NO/c1-3-7-5(2)4-6/h3-4H,1,6H2,2H3/b5-4-. The Kier molecular flexibility index (Phi) is 2.85. The van der Waals surface area contributed by atoms with Crippen molar-refractivity contribution in [3.05, 3.63) is 24.8 Å². The molecule has 0 aromatic rings. The molecule has 0 spiro atoms. The number of hydrogen-bond donors (Lipinski definition) is 1. The minimum absolute atomic E-state index is 0.662. The summed E-state index contributed by atoms with van der Waals surface area (Å²) >= 11 is 0. The lowest BCUT2D eigenvalue weighted by atomic mass is 10.6. The van der Waals surface area contributed by atoms with Gasteiger partial charge in [-0.2, -0.15) is 0 Å². The van der Waals surface area contributed by atoms with E-state index in [9.17, 15) is 0 Å². The molecule has 0 radical (unpaired) electrons. The quantitative estimate of drug-likeness (QED) is 0.523. The molecule has 2 heteroatoms. The monoisotopic (exact) mass is 99.1 g/mol. The Hall–Kier alpha value is -0.920. The van der Waals surface area contributed by atoms with Gasteiger partial charge in [0.15, 0.2) is 0 Å². The van der Waals surface area contributed by atoms with Crippen LogP contribution in [0.1, 0.15) is 6.92 Å². The molecule has 0 amide bonds. The highest BCUT2D eigenvalue weighted by atomic mass is 16.5. The molecular weight excluding hydrogens is 90.1 g/mol. The molecule has 0 atom stereocenters. The maximum Gasteiger partial charge on any atom is 0.115 e. The number of allylic oxidation sites excluding steroid dienone is 1. The Labute approximate surface area is 43.3 Å². The third kappa shape index (κ3) is 2.89. The van der Waals surface area contributed by atoms with Crippen molar-refractivity contribution in [2.75, 3.05) is 0 Å². The fourth-order valence-electron chi connectivity index (χ4n) is 0.171. The Morgan fingerprint density at radius 2 is 2.43 bits per heavy atom. The topological polar surface area (TPSA) is 35.2 Å². The molecule has 0 aromatic heterocycles. The molecule has 0 heterocycles. The molecule has 2 N–H and O–H groups in total. The van der Waals surface area contributed by atoms with E-state index in [1.54, 1.807) is 6.92 Å². The predicted octanol–water partition coefficient (Wildman–Crippen LogP) is 0.966. The Morgan fingerprint density at radius 1 is 1.86 bits per heavy atom. The van der Waals surface area contributed by atoms with Crippen molar-refractivity contribution >= 4 is 0 Å². The molecule has 0 fully saturated rings. The van der Waals surface area contributed by atoms with Gasteiger partial charge in [-0.15, -0.1) is 0 Å². The molecule has 0 aliphatic carbocycles. The van der Waals surface area contributed by atoms with Crippen molar-refractivity contribution in [3.8, 4) is 0 Å². The van der Waals surface area contributed by atoms with Crippen LogP contribution in [0.2, 0.25) is 0 Å². The smallest absolute Gasteiger partial charge is 0.115 e. The maximum atomic E-state index is 5.02. The first kappa shape index (κ1) is 6.08. The molecule has 0 saturated heterocycles. The van der Waals surface area contributed by atoms with Crippen LogP contribution >= 0.6 is 0 Å². The largest absolute Gasteiger partial charge is 0.469 e. The number of rotatable bonds is 2. The van der Waals surface area contributed by atoms with Gasteiger partial charge in [0.2, 0.25) is 0 Å². The maximum absolute atomic E-state index is 5.02. The number of hydrogen-bond acceptors (Lipinski definition) is 2. The van der Waals surface area contributed by atoms with E-state index in [0.29, 0.717) is 5.76 Å². The number of ether oxygens (including phenoxy) is 1. The van der Waals surface area contributed by atoms with Crippen LogP contribution in [0.4, 0.5) is 0 Å². The van der Waals surface area contributed by atoms with Crippen LogP contribution in [0.15, 0.2) is 24.8 Å². The highest BCUT2D eigenvalue weighted by Crippen LogP contribution is 1.89. The van der Waals surface area contributed by atoms with E-state index in [-0.39, 0.29) is 0 Å². The predicted molar refractivity (Wildman–Crippen MR) is 29.2 cm³/mol. The van der Waals surface area contributed by atoms with Crippen molar-refractivity contribution in [2.45, 2.75) is 6.92 Å². The zero-order valence-corrected chi connectivity index (χ0v) is 4.35. The first-order valence-electron chi connectivity index (χ1n) is 1.97. The van der Waals surface area contributed by atoms with Crippen LogP contribution in [0.3, 0.4) is 0 Å². The minimum Gasteiger partial charge on any atom is -0.469 e. The summed E-state index contributed by atoms with van der Waals surface area (Å²) in [6, 6.07) is 0. The van der Waals surface area contributed by atoms with Crippen molar-refractivity contribution in [1.82, 2.24) is 0 Å².